The van der Waals surface area contributed by atoms with Gasteiger partial charge in [-0.3, -0.25) is 0 Å². The fourth-order valence-electron chi connectivity index (χ4n) is 2.49. The van der Waals surface area contributed by atoms with Crippen molar-refractivity contribution in [2.75, 3.05) is 14.1 Å². The third-order valence-corrected chi connectivity index (χ3v) is 5.53. The molecule has 1 aliphatic heterocycles. The number of hydrogen-bond donors (Lipinski definition) is 0. The van der Waals surface area contributed by atoms with E-state index in [0.29, 0.717) is 11.5 Å². The summed E-state index contributed by atoms with van der Waals surface area (Å²) in [4.78, 5) is 0.294. The highest BCUT2D eigenvalue weighted by Crippen LogP contribution is 2.14. The minimum atomic E-state index is -3.39. The fraction of sp³-hybridized carbons (Fsp3) is 0.200. The maximum Gasteiger partial charge on any atom is 0.362 e. The highest BCUT2D eigenvalue weighted by Gasteiger charge is 2.29. The summed E-state index contributed by atoms with van der Waals surface area (Å²) >= 11 is 0. The Morgan fingerprint density at radius 3 is 2.38 bits per heavy atom. The molecule has 0 saturated heterocycles. The molecule has 1 aliphatic rings. The molecule has 0 spiro atoms. The Balaban J connectivity index is 1.93. The Morgan fingerprint density at radius 1 is 1.05 bits per heavy atom. The van der Waals surface area contributed by atoms with Gasteiger partial charge in [0.05, 0.1) is 11.5 Å². The van der Waals surface area contributed by atoms with E-state index in [0.717, 1.165) is 10.9 Å². The number of hydrogen-bond acceptors (Lipinski definition) is 3. The molecule has 0 aromatic heterocycles. The van der Waals surface area contributed by atoms with Crippen molar-refractivity contribution in [2.45, 2.75) is 11.5 Å². The molecule has 4 nitrogen and oxygen atoms in total. The zero-order valence-corrected chi connectivity index (χ0v) is 12.8. The predicted octanol–water partition coefficient (Wildman–Crippen LogP) is 0.573. The molecule has 3 rings (SSSR count). The van der Waals surface area contributed by atoms with Gasteiger partial charge in [0.25, 0.3) is 0 Å². The van der Waals surface area contributed by atoms with Crippen molar-refractivity contribution in [1.82, 2.24) is 4.31 Å². The van der Waals surface area contributed by atoms with Crippen molar-refractivity contribution in [1.29, 1.82) is 0 Å². The second-order valence-corrected chi connectivity index (χ2v) is 7.40. The molecule has 0 bridgehead atoms. The van der Waals surface area contributed by atoms with Crippen molar-refractivity contribution in [3.05, 3.63) is 54.1 Å². The number of benzene rings is 2. The Bertz CT molecular complexity index is 757. The van der Waals surface area contributed by atoms with E-state index in [1.165, 1.54) is 24.0 Å². The van der Waals surface area contributed by atoms with Crippen LogP contribution >= 0.6 is 0 Å². The third kappa shape index (κ3) is 2.50. The Kier molecular flexibility index (Phi) is 3.61. The van der Waals surface area contributed by atoms with Gasteiger partial charge >= 0.3 is 6.92 Å². The van der Waals surface area contributed by atoms with Crippen molar-refractivity contribution in [3.63, 3.8) is 0 Å². The first kappa shape index (κ1) is 14.3. The molecule has 0 saturated carbocycles. The van der Waals surface area contributed by atoms with Crippen LogP contribution in [-0.2, 0) is 21.3 Å². The van der Waals surface area contributed by atoms with Crippen molar-refractivity contribution < 1.29 is 13.1 Å². The topological polar surface area (TPSA) is 46.6 Å². The molecule has 2 aromatic rings. The summed E-state index contributed by atoms with van der Waals surface area (Å²) in [6.07, 6.45) is 0. The van der Waals surface area contributed by atoms with Crippen molar-refractivity contribution in [2.24, 2.45) is 0 Å². The maximum absolute atomic E-state index is 12.1. The lowest BCUT2D eigenvalue weighted by atomic mass is 9.56. The van der Waals surface area contributed by atoms with E-state index in [1.807, 2.05) is 24.3 Å². The standard InChI is InChI=1S/C15H16BNO3S/c1-17(2)21(18,19)14-9-7-13(8-10-14)16-15-6-4-3-5-12(15)11-20-16/h3-10H,11H2,1-2H3. The van der Waals surface area contributed by atoms with Crippen LogP contribution in [0.4, 0.5) is 0 Å². The highest BCUT2D eigenvalue weighted by molar-refractivity contribution is 7.89. The second kappa shape index (κ2) is 5.29. The minimum Gasteiger partial charge on any atom is -0.423 e. The summed E-state index contributed by atoms with van der Waals surface area (Å²) in [7, 11) is -0.330. The van der Waals surface area contributed by atoms with E-state index in [1.54, 1.807) is 12.1 Å². The van der Waals surface area contributed by atoms with E-state index >= 15 is 0 Å². The average molecular weight is 301 g/mol. The van der Waals surface area contributed by atoms with Gasteiger partial charge in [-0.25, -0.2) is 12.7 Å². The van der Waals surface area contributed by atoms with Gasteiger partial charge in [0.1, 0.15) is 0 Å². The van der Waals surface area contributed by atoms with Gasteiger partial charge in [-0.1, -0.05) is 36.4 Å². The number of fused-ring (bicyclic) bond motifs is 1. The number of rotatable bonds is 3. The summed E-state index contributed by atoms with van der Waals surface area (Å²) in [6, 6.07) is 15.0. The van der Waals surface area contributed by atoms with E-state index in [-0.39, 0.29) is 6.92 Å². The molecule has 108 valence electrons. The Morgan fingerprint density at radius 2 is 1.71 bits per heavy atom. The van der Waals surface area contributed by atoms with Crippen LogP contribution in [-0.4, -0.2) is 33.7 Å². The van der Waals surface area contributed by atoms with Crippen LogP contribution in [0.3, 0.4) is 0 Å². The van der Waals surface area contributed by atoms with Crippen molar-refractivity contribution >= 4 is 27.9 Å². The van der Waals surface area contributed by atoms with Gasteiger partial charge in [0.15, 0.2) is 0 Å². The number of sulfonamides is 1. The summed E-state index contributed by atoms with van der Waals surface area (Å²) in [5.74, 6) is 0. The van der Waals surface area contributed by atoms with E-state index in [2.05, 4.69) is 12.1 Å². The molecular formula is C15H16BNO3S. The van der Waals surface area contributed by atoms with Gasteiger partial charge in [0, 0.05) is 14.1 Å². The summed E-state index contributed by atoms with van der Waals surface area (Å²) in [6.45, 7) is 0.482. The predicted molar refractivity (Wildman–Crippen MR) is 83.6 cm³/mol. The number of nitrogens with zero attached hydrogens (tertiary/aromatic N) is 1. The Hall–Kier alpha value is -1.63. The zero-order valence-electron chi connectivity index (χ0n) is 12.0. The maximum atomic E-state index is 12.1. The van der Waals surface area contributed by atoms with Crippen molar-refractivity contribution in [3.8, 4) is 0 Å². The van der Waals surface area contributed by atoms with Crippen LogP contribution < -0.4 is 10.9 Å². The van der Waals surface area contributed by atoms with Crippen LogP contribution in [0.2, 0.25) is 0 Å². The normalized spacial score (nSPS) is 14.5. The summed E-state index contributed by atoms with van der Waals surface area (Å²) in [5, 5.41) is 0. The molecule has 0 fully saturated rings. The lowest BCUT2D eigenvalue weighted by Crippen LogP contribution is -2.41. The Labute approximate surface area is 125 Å². The van der Waals surface area contributed by atoms with Gasteiger partial charge in [-0.2, -0.15) is 0 Å². The van der Waals surface area contributed by atoms with E-state index in [9.17, 15) is 8.42 Å². The van der Waals surface area contributed by atoms with Gasteiger partial charge < -0.3 is 4.65 Å². The molecule has 6 heteroatoms. The van der Waals surface area contributed by atoms with E-state index in [4.69, 9.17) is 4.65 Å². The third-order valence-electron chi connectivity index (χ3n) is 3.70. The van der Waals surface area contributed by atoms with Gasteiger partial charge in [-0.05, 0) is 28.6 Å². The second-order valence-electron chi connectivity index (χ2n) is 5.25. The molecule has 0 unspecified atom stereocenters. The molecule has 0 radical (unpaired) electrons. The van der Waals surface area contributed by atoms with Crippen LogP contribution in [0.15, 0.2) is 53.4 Å². The average Bonchev–Trinajstić information content (AvgIpc) is 2.91. The highest BCUT2D eigenvalue weighted by atomic mass is 32.2. The van der Waals surface area contributed by atoms with Gasteiger partial charge in [0.2, 0.25) is 10.0 Å². The first-order valence-corrected chi connectivity index (χ1v) is 8.16. The molecule has 0 N–H and O–H groups in total. The molecule has 1 heterocycles. The van der Waals surface area contributed by atoms with E-state index < -0.39 is 10.0 Å². The van der Waals surface area contributed by atoms with Crippen LogP contribution in [0.25, 0.3) is 0 Å². The largest absolute Gasteiger partial charge is 0.423 e. The first-order valence-electron chi connectivity index (χ1n) is 6.72. The molecular weight excluding hydrogens is 285 g/mol. The minimum absolute atomic E-state index is 0.114. The SMILES string of the molecule is CN(C)S(=O)(=O)c1ccc(B2OCc3ccccc32)cc1. The van der Waals surface area contributed by atoms with Crippen LogP contribution in [0.1, 0.15) is 5.56 Å². The lowest BCUT2D eigenvalue weighted by molar-refractivity contribution is 0.337. The van der Waals surface area contributed by atoms with Gasteiger partial charge in [-0.15, -0.1) is 0 Å². The monoisotopic (exact) mass is 301 g/mol. The van der Waals surface area contributed by atoms with Crippen LogP contribution in [0, 0.1) is 0 Å². The lowest BCUT2D eigenvalue weighted by Gasteiger charge is -2.12. The molecule has 0 amide bonds. The smallest absolute Gasteiger partial charge is 0.362 e. The quantitative estimate of drug-likeness (QED) is 0.779. The van der Waals surface area contributed by atoms with Crippen LogP contribution in [0.5, 0.6) is 0 Å². The molecule has 2 aromatic carbocycles. The molecule has 0 aliphatic carbocycles. The fourth-order valence-corrected chi connectivity index (χ4v) is 3.39. The molecule has 21 heavy (non-hydrogen) atoms. The zero-order chi connectivity index (χ0) is 15.0. The molecule has 0 atom stereocenters. The first-order chi connectivity index (χ1) is 10.00. The summed E-state index contributed by atoms with van der Waals surface area (Å²) < 4.78 is 31.1. The summed E-state index contributed by atoms with van der Waals surface area (Å²) in [5.41, 5.74) is 3.31.